The maximum atomic E-state index is 12.2. The largest absolute Gasteiger partial charge is 0.497 e. The number of hydrogen-bond donors (Lipinski definition) is 3. The molecule has 1 heterocycles. The third-order valence-electron chi connectivity index (χ3n) is 4.12. The van der Waals surface area contributed by atoms with Gasteiger partial charge in [-0.15, -0.1) is 0 Å². The van der Waals surface area contributed by atoms with Crippen LogP contribution in [-0.2, 0) is 16.1 Å². The minimum atomic E-state index is -0.556. The predicted molar refractivity (Wildman–Crippen MR) is 91.5 cm³/mol. The van der Waals surface area contributed by atoms with Crippen LogP contribution >= 0.6 is 0 Å². The van der Waals surface area contributed by atoms with Gasteiger partial charge in [0.05, 0.1) is 33.3 Å². The van der Waals surface area contributed by atoms with E-state index in [2.05, 4.69) is 10.6 Å². The van der Waals surface area contributed by atoms with Gasteiger partial charge in [0.15, 0.2) is 0 Å². The van der Waals surface area contributed by atoms with Crippen LogP contribution in [0.1, 0.15) is 12.0 Å². The molecule has 8 nitrogen and oxygen atoms in total. The summed E-state index contributed by atoms with van der Waals surface area (Å²) in [6, 6.07) is 4.97. The Balaban J connectivity index is 2.12. The highest BCUT2D eigenvalue weighted by atomic mass is 16.5. The summed E-state index contributed by atoms with van der Waals surface area (Å²) < 4.78 is 10.6. The molecule has 3 N–H and O–H groups in total. The number of hydrogen-bond acceptors (Lipinski definition) is 6. The SMILES string of the molecule is COc1ccc(CN2CCNC(=O)[C@H]2CC(=O)NCCO)c(OC)c1. The molecule has 0 aliphatic carbocycles. The molecular formula is C17H25N3O5. The molecule has 1 atom stereocenters. The molecule has 0 spiro atoms. The quantitative estimate of drug-likeness (QED) is 0.584. The summed E-state index contributed by atoms with van der Waals surface area (Å²) >= 11 is 0. The van der Waals surface area contributed by atoms with Crippen molar-refractivity contribution in [3.8, 4) is 11.5 Å². The van der Waals surface area contributed by atoms with Crippen molar-refractivity contribution in [2.45, 2.75) is 19.0 Å². The van der Waals surface area contributed by atoms with E-state index in [1.165, 1.54) is 0 Å². The number of carbonyl (C=O) groups excluding carboxylic acids is 2. The number of nitrogens with zero attached hydrogens (tertiary/aromatic N) is 1. The van der Waals surface area contributed by atoms with Crippen molar-refractivity contribution in [3.05, 3.63) is 23.8 Å². The summed E-state index contributed by atoms with van der Waals surface area (Å²) in [5.74, 6) is 0.936. The minimum Gasteiger partial charge on any atom is -0.497 e. The van der Waals surface area contributed by atoms with E-state index < -0.39 is 6.04 Å². The second-order valence-corrected chi connectivity index (χ2v) is 5.73. The fourth-order valence-electron chi connectivity index (χ4n) is 2.82. The van der Waals surface area contributed by atoms with Gasteiger partial charge in [0.25, 0.3) is 0 Å². The molecule has 25 heavy (non-hydrogen) atoms. The van der Waals surface area contributed by atoms with Crippen molar-refractivity contribution in [2.75, 3.05) is 40.5 Å². The topological polar surface area (TPSA) is 100 Å². The fraction of sp³-hybridized carbons (Fsp3) is 0.529. The van der Waals surface area contributed by atoms with Crippen molar-refractivity contribution in [1.29, 1.82) is 0 Å². The summed E-state index contributed by atoms with van der Waals surface area (Å²) in [6.45, 7) is 1.71. The smallest absolute Gasteiger partial charge is 0.237 e. The summed E-state index contributed by atoms with van der Waals surface area (Å²) in [6.07, 6.45) is 0.0459. The molecule has 0 bridgehead atoms. The average Bonchev–Trinajstić information content (AvgIpc) is 2.63. The van der Waals surface area contributed by atoms with Gasteiger partial charge < -0.3 is 25.2 Å². The zero-order valence-electron chi connectivity index (χ0n) is 14.6. The molecular weight excluding hydrogens is 326 g/mol. The number of rotatable bonds is 8. The number of carbonyl (C=O) groups is 2. The van der Waals surface area contributed by atoms with Crippen LogP contribution in [0.4, 0.5) is 0 Å². The van der Waals surface area contributed by atoms with Crippen LogP contribution in [0.5, 0.6) is 11.5 Å². The van der Waals surface area contributed by atoms with Gasteiger partial charge in [-0.3, -0.25) is 14.5 Å². The van der Waals surface area contributed by atoms with Crippen LogP contribution in [-0.4, -0.2) is 68.3 Å². The number of aliphatic hydroxyl groups is 1. The monoisotopic (exact) mass is 351 g/mol. The molecule has 1 aliphatic rings. The number of benzene rings is 1. The Morgan fingerprint density at radius 1 is 1.40 bits per heavy atom. The summed E-state index contributed by atoms with van der Waals surface area (Å²) in [7, 11) is 3.17. The lowest BCUT2D eigenvalue weighted by Gasteiger charge is -2.35. The van der Waals surface area contributed by atoms with Gasteiger partial charge >= 0.3 is 0 Å². The molecule has 0 aromatic heterocycles. The Hall–Kier alpha value is -2.32. The molecule has 138 valence electrons. The van der Waals surface area contributed by atoms with Crippen LogP contribution in [0.15, 0.2) is 18.2 Å². The number of methoxy groups -OCH3 is 2. The Morgan fingerprint density at radius 3 is 2.88 bits per heavy atom. The number of ether oxygens (including phenoxy) is 2. The lowest BCUT2D eigenvalue weighted by atomic mass is 10.1. The molecule has 1 aromatic rings. The molecule has 0 saturated carbocycles. The molecule has 2 rings (SSSR count). The molecule has 1 saturated heterocycles. The third kappa shape index (κ3) is 5.07. The highest BCUT2D eigenvalue weighted by Gasteiger charge is 2.32. The highest BCUT2D eigenvalue weighted by Crippen LogP contribution is 2.27. The van der Waals surface area contributed by atoms with Crippen molar-refractivity contribution >= 4 is 11.8 Å². The lowest BCUT2D eigenvalue weighted by molar-refractivity contribution is -0.134. The van der Waals surface area contributed by atoms with E-state index in [0.29, 0.717) is 31.1 Å². The fourth-order valence-corrected chi connectivity index (χ4v) is 2.82. The minimum absolute atomic E-state index is 0.0459. The first-order chi connectivity index (χ1) is 12.1. The number of nitrogens with one attached hydrogen (secondary N) is 2. The van der Waals surface area contributed by atoms with Crippen LogP contribution in [0.3, 0.4) is 0 Å². The average molecular weight is 351 g/mol. The number of aliphatic hydroxyl groups excluding tert-OH is 1. The van der Waals surface area contributed by atoms with E-state index >= 15 is 0 Å². The molecule has 8 heteroatoms. The van der Waals surface area contributed by atoms with Gasteiger partial charge in [-0.25, -0.2) is 0 Å². The lowest BCUT2D eigenvalue weighted by Crippen LogP contribution is -2.56. The van der Waals surface area contributed by atoms with Gasteiger partial charge in [0.1, 0.15) is 11.5 Å². The molecule has 0 unspecified atom stereocenters. The normalized spacial score (nSPS) is 17.7. The van der Waals surface area contributed by atoms with Crippen molar-refractivity contribution in [3.63, 3.8) is 0 Å². The first-order valence-corrected chi connectivity index (χ1v) is 8.19. The third-order valence-corrected chi connectivity index (χ3v) is 4.12. The van der Waals surface area contributed by atoms with Crippen LogP contribution in [0.25, 0.3) is 0 Å². The standard InChI is InChI=1S/C17H25N3O5/c1-24-13-4-3-12(15(9-13)25-2)11-20-7-5-19-17(23)14(20)10-16(22)18-6-8-21/h3-4,9,14,21H,5-8,10-11H2,1-2H3,(H,18,22)(H,19,23)/t14-/m1/s1. The van der Waals surface area contributed by atoms with Crippen LogP contribution in [0.2, 0.25) is 0 Å². The Bertz CT molecular complexity index is 608. The zero-order chi connectivity index (χ0) is 18.2. The maximum absolute atomic E-state index is 12.2. The maximum Gasteiger partial charge on any atom is 0.237 e. The summed E-state index contributed by atoms with van der Waals surface area (Å²) in [4.78, 5) is 26.1. The van der Waals surface area contributed by atoms with Crippen molar-refractivity contribution in [2.24, 2.45) is 0 Å². The first kappa shape index (κ1) is 19.0. The zero-order valence-corrected chi connectivity index (χ0v) is 14.6. The summed E-state index contributed by atoms with van der Waals surface area (Å²) in [5.41, 5.74) is 0.916. The highest BCUT2D eigenvalue weighted by molar-refractivity contribution is 5.88. The molecule has 1 aromatic carbocycles. The summed E-state index contributed by atoms with van der Waals surface area (Å²) in [5, 5.41) is 14.2. The Kier molecular flexibility index (Phi) is 7.03. The molecule has 0 radical (unpaired) electrons. The van der Waals surface area contributed by atoms with Crippen molar-refractivity contribution < 1.29 is 24.2 Å². The molecule has 1 fully saturated rings. The second kappa shape index (κ2) is 9.24. The van der Waals surface area contributed by atoms with E-state index in [1.807, 2.05) is 17.0 Å². The second-order valence-electron chi connectivity index (χ2n) is 5.73. The van der Waals surface area contributed by atoms with E-state index in [-0.39, 0.29) is 31.4 Å². The van der Waals surface area contributed by atoms with Crippen LogP contribution < -0.4 is 20.1 Å². The Labute approximate surface area is 147 Å². The van der Waals surface area contributed by atoms with Crippen molar-refractivity contribution in [1.82, 2.24) is 15.5 Å². The van der Waals surface area contributed by atoms with Gasteiger partial charge in [0.2, 0.25) is 11.8 Å². The molecule has 2 amide bonds. The van der Waals surface area contributed by atoms with Gasteiger partial charge in [-0.05, 0) is 6.07 Å². The van der Waals surface area contributed by atoms with E-state index in [0.717, 1.165) is 5.56 Å². The van der Waals surface area contributed by atoms with E-state index in [9.17, 15) is 9.59 Å². The van der Waals surface area contributed by atoms with E-state index in [4.69, 9.17) is 14.6 Å². The Morgan fingerprint density at radius 2 is 2.20 bits per heavy atom. The molecule has 1 aliphatic heterocycles. The van der Waals surface area contributed by atoms with Gasteiger partial charge in [-0.2, -0.15) is 0 Å². The van der Waals surface area contributed by atoms with Gasteiger partial charge in [-0.1, -0.05) is 6.07 Å². The number of amides is 2. The van der Waals surface area contributed by atoms with Crippen LogP contribution in [0, 0.1) is 0 Å². The number of piperazine rings is 1. The van der Waals surface area contributed by atoms with E-state index in [1.54, 1.807) is 20.3 Å². The first-order valence-electron chi connectivity index (χ1n) is 8.19. The predicted octanol–water partition coefficient (Wildman–Crippen LogP) is -0.497. The van der Waals surface area contributed by atoms with Gasteiger partial charge in [0, 0.05) is 37.8 Å².